The molecule has 0 spiro atoms. The van der Waals surface area contributed by atoms with Crippen molar-refractivity contribution in [1.29, 1.82) is 0 Å². The molecule has 0 fully saturated rings. The smallest absolute Gasteiger partial charge is 0.0655 e. The van der Waals surface area contributed by atoms with Crippen LogP contribution in [-0.2, 0) is 0 Å². The van der Waals surface area contributed by atoms with Gasteiger partial charge in [0, 0.05) is 17.8 Å². The minimum atomic E-state index is 0.234. The van der Waals surface area contributed by atoms with E-state index in [0.29, 0.717) is 5.92 Å². The van der Waals surface area contributed by atoms with E-state index in [4.69, 9.17) is 0 Å². The molecule has 0 radical (unpaired) electrons. The fourth-order valence-corrected chi connectivity index (χ4v) is 3.44. The summed E-state index contributed by atoms with van der Waals surface area (Å²) in [6, 6.07) is 4.53. The first kappa shape index (κ1) is 14.1. The Morgan fingerprint density at radius 1 is 1.42 bits per heavy atom. The van der Waals surface area contributed by atoms with Gasteiger partial charge in [-0.05, 0) is 69.5 Å². The van der Waals surface area contributed by atoms with E-state index in [9.17, 15) is 0 Å². The zero-order valence-electron chi connectivity index (χ0n) is 13.0. The highest BCUT2D eigenvalue weighted by Gasteiger charge is 2.36. The van der Waals surface area contributed by atoms with Crippen LogP contribution >= 0.6 is 0 Å². The third kappa shape index (κ3) is 2.41. The van der Waals surface area contributed by atoms with Gasteiger partial charge < -0.3 is 4.90 Å². The fourth-order valence-electron chi connectivity index (χ4n) is 3.44. The summed E-state index contributed by atoms with van der Waals surface area (Å²) in [5.74, 6) is 0.583. The Morgan fingerprint density at radius 2 is 2.11 bits per heavy atom. The lowest BCUT2D eigenvalue weighted by atomic mass is 9.79. The van der Waals surface area contributed by atoms with Gasteiger partial charge in [0.1, 0.15) is 0 Å². The van der Waals surface area contributed by atoms with Crippen LogP contribution in [0, 0.1) is 6.92 Å². The zero-order valence-corrected chi connectivity index (χ0v) is 13.0. The van der Waals surface area contributed by atoms with Crippen LogP contribution < -0.4 is 4.90 Å². The highest BCUT2D eigenvalue weighted by Crippen LogP contribution is 2.45. The summed E-state index contributed by atoms with van der Waals surface area (Å²) in [5.41, 5.74) is 5.32. The Kier molecular flexibility index (Phi) is 3.71. The molecule has 0 aromatic heterocycles. The van der Waals surface area contributed by atoms with Crippen LogP contribution in [0.15, 0.2) is 17.1 Å². The molecule has 104 valence electrons. The molecule has 2 heteroatoms. The molecule has 2 rings (SSSR count). The van der Waals surface area contributed by atoms with Crippen LogP contribution in [0.3, 0.4) is 0 Å². The lowest BCUT2D eigenvalue weighted by Crippen LogP contribution is -2.48. The maximum atomic E-state index is 4.15. The van der Waals surface area contributed by atoms with Gasteiger partial charge in [-0.3, -0.25) is 4.99 Å². The number of aryl methyl sites for hydroxylation is 1. The summed E-state index contributed by atoms with van der Waals surface area (Å²) in [6.07, 6.45) is 2.37. The molecule has 1 heterocycles. The summed E-state index contributed by atoms with van der Waals surface area (Å²) < 4.78 is 0. The number of fused-ring (bicyclic) bond motifs is 1. The van der Waals surface area contributed by atoms with E-state index in [1.807, 2.05) is 0 Å². The van der Waals surface area contributed by atoms with Crippen molar-refractivity contribution in [2.45, 2.75) is 58.9 Å². The standard InChI is InChI=1S/C17H26N2/c1-7-8-19-16-9-12(2)15(18-6)10-14(16)13(3)11-17(19,4)5/h9-10,13H,6-8,11H2,1-5H3. The SMILES string of the molecule is C=Nc1cc2c(cc1C)N(CCC)C(C)(C)CC2C. The maximum absolute atomic E-state index is 4.15. The van der Waals surface area contributed by atoms with Crippen molar-refractivity contribution in [3.63, 3.8) is 0 Å². The summed E-state index contributed by atoms with van der Waals surface area (Å²) in [6.45, 7) is 16.2. The van der Waals surface area contributed by atoms with Crippen LogP contribution in [0.5, 0.6) is 0 Å². The topological polar surface area (TPSA) is 15.6 Å². The number of anilines is 1. The first-order chi connectivity index (χ1) is 8.90. The van der Waals surface area contributed by atoms with Crippen LogP contribution in [-0.4, -0.2) is 18.8 Å². The molecule has 1 unspecified atom stereocenters. The van der Waals surface area contributed by atoms with Crippen LogP contribution in [0.2, 0.25) is 0 Å². The molecule has 0 amide bonds. The van der Waals surface area contributed by atoms with Gasteiger partial charge in [-0.15, -0.1) is 0 Å². The average molecular weight is 258 g/mol. The van der Waals surface area contributed by atoms with E-state index < -0.39 is 0 Å². The molecule has 1 aliphatic heterocycles. The highest BCUT2D eigenvalue weighted by atomic mass is 15.2. The van der Waals surface area contributed by atoms with Crippen molar-refractivity contribution in [2.75, 3.05) is 11.4 Å². The first-order valence-electron chi connectivity index (χ1n) is 7.29. The molecule has 0 saturated carbocycles. The van der Waals surface area contributed by atoms with Crippen LogP contribution in [0.4, 0.5) is 11.4 Å². The van der Waals surface area contributed by atoms with Crippen molar-refractivity contribution in [2.24, 2.45) is 4.99 Å². The number of benzene rings is 1. The van der Waals surface area contributed by atoms with E-state index in [0.717, 1.165) is 12.2 Å². The second-order valence-electron chi connectivity index (χ2n) is 6.42. The number of hydrogen-bond donors (Lipinski definition) is 0. The van der Waals surface area contributed by atoms with Crippen molar-refractivity contribution < 1.29 is 0 Å². The molecule has 0 N–H and O–H groups in total. The molecule has 1 atom stereocenters. The molecular formula is C17H26N2. The van der Waals surface area contributed by atoms with Crippen LogP contribution in [0.25, 0.3) is 0 Å². The minimum Gasteiger partial charge on any atom is -0.366 e. The van der Waals surface area contributed by atoms with Crippen molar-refractivity contribution in [3.8, 4) is 0 Å². The van der Waals surface area contributed by atoms with Crippen molar-refractivity contribution in [1.82, 2.24) is 0 Å². The van der Waals surface area contributed by atoms with Gasteiger partial charge in [-0.1, -0.05) is 13.8 Å². The minimum absolute atomic E-state index is 0.234. The Labute approximate surface area is 117 Å². The van der Waals surface area contributed by atoms with Gasteiger partial charge in [-0.2, -0.15) is 0 Å². The van der Waals surface area contributed by atoms with Gasteiger partial charge in [-0.25, -0.2) is 0 Å². The molecule has 2 nitrogen and oxygen atoms in total. The summed E-state index contributed by atoms with van der Waals surface area (Å²) in [4.78, 5) is 6.72. The number of rotatable bonds is 3. The third-order valence-corrected chi connectivity index (χ3v) is 4.32. The van der Waals surface area contributed by atoms with Gasteiger partial charge in [0.15, 0.2) is 0 Å². The van der Waals surface area contributed by atoms with E-state index in [2.05, 4.69) is 63.4 Å². The normalized spacial score (nSPS) is 21.1. The average Bonchev–Trinajstić information content (AvgIpc) is 2.33. The number of hydrogen-bond acceptors (Lipinski definition) is 2. The lowest BCUT2D eigenvalue weighted by Gasteiger charge is -2.48. The Bertz CT molecular complexity index is 488. The Morgan fingerprint density at radius 3 is 2.68 bits per heavy atom. The first-order valence-corrected chi connectivity index (χ1v) is 7.29. The second-order valence-corrected chi connectivity index (χ2v) is 6.42. The molecule has 0 saturated heterocycles. The number of aliphatic imine (C=N–C) groups is 1. The van der Waals surface area contributed by atoms with Crippen molar-refractivity contribution in [3.05, 3.63) is 23.3 Å². The molecule has 1 aliphatic rings. The van der Waals surface area contributed by atoms with Crippen LogP contribution in [0.1, 0.15) is 57.6 Å². The van der Waals surface area contributed by atoms with Gasteiger partial charge in [0.05, 0.1) is 5.69 Å². The monoisotopic (exact) mass is 258 g/mol. The van der Waals surface area contributed by atoms with Gasteiger partial charge >= 0.3 is 0 Å². The van der Waals surface area contributed by atoms with E-state index in [1.165, 1.54) is 29.7 Å². The quantitative estimate of drug-likeness (QED) is 0.709. The summed E-state index contributed by atoms with van der Waals surface area (Å²) >= 11 is 0. The number of nitrogens with zero attached hydrogens (tertiary/aromatic N) is 2. The maximum Gasteiger partial charge on any atom is 0.0655 e. The van der Waals surface area contributed by atoms with Gasteiger partial charge in [0.25, 0.3) is 0 Å². The van der Waals surface area contributed by atoms with E-state index in [1.54, 1.807) is 0 Å². The molecule has 1 aromatic rings. The third-order valence-electron chi connectivity index (χ3n) is 4.32. The Balaban J connectivity index is 2.58. The summed E-state index contributed by atoms with van der Waals surface area (Å²) in [5, 5.41) is 0. The second kappa shape index (κ2) is 4.99. The zero-order chi connectivity index (χ0) is 14.2. The molecule has 1 aromatic carbocycles. The molecule has 0 bridgehead atoms. The molecule has 0 aliphatic carbocycles. The van der Waals surface area contributed by atoms with Gasteiger partial charge in [0.2, 0.25) is 0 Å². The lowest BCUT2D eigenvalue weighted by molar-refractivity contribution is 0.376. The van der Waals surface area contributed by atoms with Crippen molar-refractivity contribution >= 4 is 18.1 Å². The highest BCUT2D eigenvalue weighted by molar-refractivity contribution is 5.67. The van der Waals surface area contributed by atoms with E-state index >= 15 is 0 Å². The summed E-state index contributed by atoms with van der Waals surface area (Å²) in [7, 11) is 0. The molecular weight excluding hydrogens is 232 g/mol. The molecule has 19 heavy (non-hydrogen) atoms. The Hall–Kier alpha value is -1.31. The predicted molar refractivity (Wildman–Crippen MR) is 85.1 cm³/mol. The predicted octanol–water partition coefficient (Wildman–Crippen LogP) is 4.83. The fraction of sp³-hybridized carbons (Fsp3) is 0.588. The van der Waals surface area contributed by atoms with E-state index in [-0.39, 0.29) is 5.54 Å². The largest absolute Gasteiger partial charge is 0.366 e.